The topological polar surface area (TPSA) is 173 Å². The summed E-state index contributed by atoms with van der Waals surface area (Å²) < 4.78 is 102. The highest BCUT2D eigenvalue weighted by Gasteiger charge is 2.18. The van der Waals surface area contributed by atoms with E-state index in [1.54, 1.807) is 0 Å². The molecule has 0 radical (unpaired) electrons. The minimum absolute atomic E-state index is 0.0763. The molecule has 0 aromatic carbocycles. The van der Waals surface area contributed by atoms with Gasteiger partial charge in [0, 0.05) is 33.5 Å². The molecule has 0 rings (SSSR count). The van der Waals surface area contributed by atoms with Gasteiger partial charge in [-0.1, -0.05) is 78.1 Å². The molecule has 0 aromatic heterocycles. The quantitative estimate of drug-likeness (QED) is 0.0502. The molecule has 0 aliphatic carbocycles. The van der Waals surface area contributed by atoms with E-state index < -0.39 is 44.5 Å². The Morgan fingerprint density at radius 1 is 0.478 bits per heavy atom. The second-order valence-corrected chi connectivity index (χ2v) is 14.6. The maximum absolute atomic E-state index is 11.0. The lowest BCUT2D eigenvalue weighted by Gasteiger charge is -2.23. The van der Waals surface area contributed by atoms with Crippen LogP contribution < -0.4 is 0 Å². The van der Waals surface area contributed by atoms with Crippen LogP contribution in [-0.4, -0.2) is 123 Å². The molecule has 3 atom stereocenters. The van der Waals surface area contributed by atoms with Crippen molar-refractivity contribution >= 4 is 20.2 Å². The first kappa shape index (κ1) is 45.5. The highest BCUT2D eigenvalue weighted by molar-refractivity contribution is 7.86. The largest absolute Gasteiger partial charge is 0.379 e. The number of methoxy groups -OCH3 is 1. The van der Waals surface area contributed by atoms with Gasteiger partial charge in [-0.05, 0) is 25.7 Å². The smallest absolute Gasteiger partial charge is 0.264 e. The monoisotopic (exact) mass is 708 g/mol. The molecular formula is C31H64O13S2. The minimum atomic E-state index is -4.07. The number of rotatable bonds is 36. The number of unbranched alkanes of at least 4 members (excludes halogenated alkanes) is 10. The first-order valence-corrected chi connectivity index (χ1v) is 20.2. The fourth-order valence-electron chi connectivity index (χ4n) is 4.36. The van der Waals surface area contributed by atoms with Crippen LogP contribution in [0.15, 0.2) is 0 Å². The lowest BCUT2D eigenvalue weighted by Crippen LogP contribution is -2.33. The zero-order valence-electron chi connectivity index (χ0n) is 28.6. The van der Waals surface area contributed by atoms with Crippen LogP contribution >= 0.6 is 0 Å². The molecule has 15 heteroatoms. The Morgan fingerprint density at radius 2 is 0.891 bits per heavy atom. The Labute approximate surface area is 279 Å². The van der Waals surface area contributed by atoms with Gasteiger partial charge in [0.1, 0.15) is 12.2 Å². The van der Waals surface area contributed by atoms with Gasteiger partial charge in [0.15, 0.2) is 6.29 Å². The van der Waals surface area contributed by atoms with Gasteiger partial charge >= 0.3 is 0 Å². The van der Waals surface area contributed by atoms with E-state index in [1.165, 1.54) is 58.5 Å². The third-order valence-corrected chi connectivity index (χ3v) is 8.59. The lowest BCUT2D eigenvalue weighted by atomic mass is 10.1. The molecule has 0 spiro atoms. The van der Waals surface area contributed by atoms with Gasteiger partial charge in [-0.15, -0.1) is 0 Å². The van der Waals surface area contributed by atoms with Crippen LogP contribution in [0.4, 0.5) is 0 Å². The Balaban J connectivity index is 4.71. The first-order chi connectivity index (χ1) is 22.0. The van der Waals surface area contributed by atoms with Crippen molar-refractivity contribution in [3.8, 4) is 0 Å². The fraction of sp³-hybridized carbons (Fsp3) is 1.00. The van der Waals surface area contributed by atoms with Crippen LogP contribution in [0, 0.1) is 0 Å². The molecule has 0 aliphatic rings. The first-order valence-electron chi connectivity index (χ1n) is 17.0. The third kappa shape index (κ3) is 33.4. The molecule has 0 aliphatic heterocycles. The SMILES string of the molecule is CCCCCCCCOCC(COCC(OC)OCC(COCCCCCCCC)OCCCS(=O)(=O)O)OCCCS(=O)(=O)O. The Kier molecular flexibility index (Phi) is 30.3. The van der Waals surface area contributed by atoms with E-state index in [0.717, 1.165) is 25.7 Å². The van der Waals surface area contributed by atoms with E-state index >= 15 is 0 Å². The maximum atomic E-state index is 11.0. The van der Waals surface area contributed by atoms with Crippen LogP contribution in [0.25, 0.3) is 0 Å². The van der Waals surface area contributed by atoms with Gasteiger partial charge in [0.25, 0.3) is 20.2 Å². The highest BCUT2D eigenvalue weighted by atomic mass is 32.2. The standard InChI is InChI=1S/C31H64O13S2/c1-4-6-8-10-12-14-18-39-24-29(42-20-16-22-45(32,33)34)26-41-28-31(38-3)44-27-30(43-21-17-23-46(35,36)37)25-40-19-15-13-11-9-7-5-2/h29-31H,4-28H2,1-3H3,(H,32,33,34)(H,35,36,37). The van der Waals surface area contributed by atoms with E-state index in [0.29, 0.717) is 13.2 Å². The van der Waals surface area contributed by atoms with E-state index in [4.69, 9.17) is 42.3 Å². The van der Waals surface area contributed by atoms with Crippen molar-refractivity contribution in [3.05, 3.63) is 0 Å². The second kappa shape index (κ2) is 30.6. The summed E-state index contributed by atoms with van der Waals surface area (Å²) in [6.45, 7) is 6.64. The summed E-state index contributed by atoms with van der Waals surface area (Å²) >= 11 is 0. The highest BCUT2D eigenvalue weighted by Crippen LogP contribution is 2.08. The number of hydrogen-bond donors (Lipinski definition) is 2. The van der Waals surface area contributed by atoms with Crippen molar-refractivity contribution in [3.63, 3.8) is 0 Å². The number of ether oxygens (including phenoxy) is 7. The molecule has 0 amide bonds. The Bertz CT molecular complexity index is 872. The van der Waals surface area contributed by atoms with Crippen LogP contribution in [0.5, 0.6) is 0 Å². The average molecular weight is 709 g/mol. The predicted octanol–water partition coefficient (Wildman–Crippen LogP) is 5.07. The summed E-state index contributed by atoms with van der Waals surface area (Å²) in [7, 11) is -6.64. The van der Waals surface area contributed by atoms with E-state index in [-0.39, 0.29) is 64.8 Å². The molecule has 46 heavy (non-hydrogen) atoms. The van der Waals surface area contributed by atoms with Crippen molar-refractivity contribution in [2.75, 3.05) is 78.1 Å². The average Bonchev–Trinajstić information content (AvgIpc) is 2.99. The Hall–Kier alpha value is -0.460. The van der Waals surface area contributed by atoms with E-state index in [9.17, 15) is 16.8 Å². The van der Waals surface area contributed by atoms with Crippen LogP contribution in [0.3, 0.4) is 0 Å². The summed E-state index contributed by atoms with van der Waals surface area (Å²) in [6, 6.07) is 0. The zero-order chi connectivity index (χ0) is 34.4. The molecule has 0 saturated heterocycles. The van der Waals surface area contributed by atoms with Crippen molar-refractivity contribution < 1.29 is 59.1 Å². The van der Waals surface area contributed by atoms with Crippen molar-refractivity contribution in [2.45, 2.75) is 122 Å². The van der Waals surface area contributed by atoms with Gasteiger partial charge < -0.3 is 33.2 Å². The summed E-state index contributed by atoms with van der Waals surface area (Å²) in [5.74, 6) is -0.782. The molecule has 2 N–H and O–H groups in total. The van der Waals surface area contributed by atoms with Crippen molar-refractivity contribution in [2.24, 2.45) is 0 Å². The summed E-state index contributed by atoms with van der Waals surface area (Å²) in [5, 5.41) is 0. The maximum Gasteiger partial charge on any atom is 0.264 e. The zero-order valence-corrected chi connectivity index (χ0v) is 30.2. The summed E-state index contributed by atoms with van der Waals surface area (Å²) in [4.78, 5) is 0. The molecule has 0 heterocycles. The van der Waals surface area contributed by atoms with Gasteiger partial charge in [-0.2, -0.15) is 16.8 Å². The number of hydrogen-bond acceptors (Lipinski definition) is 11. The van der Waals surface area contributed by atoms with Gasteiger partial charge in [-0.25, -0.2) is 0 Å². The lowest BCUT2D eigenvalue weighted by molar-refractivity contribution is -0.186. The third-order valence-electron chi connectivity index (χ3n) is 6.98. The van der Waals surface area contributed by atoms with Gasteiger partial charge in [0.05, 0.1) is 44.5 Å². The van der Waals surface area contributed by atoms with Crippen LogP contribution in [0.1, 0.15) is 104 Å². The predicted molar refractivity (Wildman–Crippen MR) is 178 cm³/mol. The summed E-state index contributed by atoms with van der Waals surface area (Å²) in [6.07, 6.45) is 12.4. The molecule has 13 nitrogen and oxygen atoms in total. The molecule has 0 saturated carbocycles. The molecule has 0 bridgehead atoms. The summed E-state index contributed by atoms with van der Waals surface area (Å²) in [5.41, 5.74) is 0. The van der Waals surface area contributed by atoms with E-state index in [1.807, 2.05) is 0 Å². The van der Waals surface area contributed by atoms with Gasteiger partial charge in [-0.3, -0.25) is 9.11 Å². The Morgan fingerprint density at radius 3 is 1.33 bits per heavy atom. The minimum Gasteiger partial charge on any atom is -0.379 e. The van der Waals surface area contributed by atoms with Crippen LogP contribution in [-0.2, 0) is 53.4 Å². The van der Waals surface area contributed by atoms with Crippen molar-refractivity contribution in [1.29, 1.82) is 0 Å². The molecule has 278 valence electrons. The molecular weight excluding hydrogens is 644 g/mol. The van der Waals surface area contributed by atoms with E-state index in [2.05, 4.69) is 13.8 Å². The normalized spacial score (nSPS) is 14.5. The molecule has 0 aromatic rings. The van der Waals surface area contributed by atoms with Crippen molar-refractivity contribution in [1.82, 2.24) is 0 Å². The fourth-order valence-corrected chi connectivity index (χ4v) is 5.33. The van der Waals surface area contributed by atoms with Gasteiger partial charge in [0.2, 0.25) is 0 Å². The second-order valence-electron chi connectivity index (χ2n) is 11.5. The molecule has 3 unspecified atom stereocenters. The van der Waals surface area contributed by atoms with Crippen LogP contribution in [0.2, 0.25) is 0 Å². The molecule has 0 fully saturated rings.